The van der Waals surface area contributed by atoms with E-state index in [-0.39, 0.29) is 17.0 Å². The van der Waals surface area contributed by atoms with Crippen LogP contribution in [0.3, 0.4) is 0 Å². The number of nitrogens with zero attached hydrogens (tertiary/aromatic N) is 1. The van der Waals surface area contributed by atoms with Crippen LogP contribution in [0.15, 0.2) is 36.4 Å². The first-order valence-electron chi connectivity index (χ1n) is 8.32. The molecule has 0 bridgehead atoms. The maximum Gasteiger partial charge on any atom is 0.161 e. The van der Waals surface area contributed by atoms with E-state index in [4.69, 9.17) is 21.1 Å². The number of rotatable bonds is 5. The van der Waals surface area contributed by atoms with Gasteiger partial charge in [0, 0.05) is 17.6 Å². The monoisotopic (exact) mass is 425 g/mol. The molecular weight excluding hydrogens is 402 g/mol. The van der Waals surface area contributed by atoms with Crippen molar-refractivity contribution in [2.75, 3.05) is 27.8 Å². The molecule has 0 aromatic heterocycles. The zero-order valence-corrected chi connectivity index (χ0v) is 17.4. The third-order valence-electron chi connectivity index (χ3n) is 4.92. The second-order valence-corrected chi connectivity index (χ2v) is 6.69. The van der Waals surface area contributed by atoms with Crippen molar-refractivity contribution in [2.24, 2.45) is 0 Å². The van der Waals surface area contributed by atoms with Crippen molar-refractivity contribution >= 4 is 28.6 Å². The van der Waals surface area contributed by atoms with E-state index in [1.54, 1.807) is 14.2 Å². The molecule has 1 heterocycles. The summed E-state index contributed by atoms with van der Waals surface area (Å²) in [5.41, 5.74) is 3.91. The minimum atomic E-state index is 0. The normalized spacial score (nSPS) is 16.7. The van der Waals surface area contributed by atoms with Crippen LogP contribution in [-0.4, -0.2) is 32.7 Å². The fraction of sp³-hybridized carbons (Fsp3) is 0.400. The molecule has 2 aromatic carbocycles. The second-order valence-electron chi connectivity index (χ2n) is 6.28. The average molecular weight is 427 g/mol. The van der Waals surface area contributed by atoms with E-state index in [0.29, 0.717) is 6.04 Å². The third kappa shape index (κ3) is 4.30. The topological polar surface area (TPSA) is 21.7 Å². The Bertz CT molecular complexity index is 723. The second kappa shape index (κ2) is 8.93. The Balaban J connectivity index is 0.00000225. The first-order valence-corrected chi connectivity index (χ1v) is 8.70. The molecule has 0 saturated heterocycles. The van der Waals surface area contributed by atoms with E-state index in [1.165, 1.54) is 16.7 Å². The first-order chi connectivity index (χ1) is 11.6. The van der Waals surface area contributed by atoms with Crippen LogP contribution in [0.1, 0.15) is 29.2 Å². The summed E-state index contributed by atoms with van der Waals surface area (Å²) in [4.78, 5) is 2.42. The quantitative estimate of drug-likeness (QED) is 0.664. The lowest BCUT2D eigenvalue weighted by atomic mass is 9.89. The van der Waals surface area contributed by atoms with Crippen molar-refractivity contribution in [2.45, 2.75) is 25.3 Å². The van der Waals surface area contributed by atoms with Gasteiger partial charge in [0.25, 0.3) is 0 Å². The summed E-state index contributed by atoms with van der Waals surface area (Å²) in [6.07, 6.45) is 3.03. The number of halogens is 2. The van der Waals surface area contributed by atoms with Gasteiger partial charge in [0.05, 0.1) is 14.2 Å². The van der Waals surface area contributed by atoms with Gasteiger partial charge in [-0.05, 0) is 61.2 Å². The van der Waals surface area contributed by atoms with Gasteiger partial charge >= 0.3 is 0 Å². The summed E-state index contributed by atoms with van der Waals surface area (Å²) in [6.45, 7) is 1.05. The molecule has 5 heteroatoms. The fourth-order valence-corrected chi connectivity index (χ4v) is 3.75. The van der Waals surface area contributed by atoms with Gasteiger partial charge in [-0.2, -0.15) is 0 Å². The number of hydrogen-bond acceptors (Lipinski definition) is 3. The number of aryl methyl sites for hydroxylation is 1. The van der Waals surface area contributed by atoms with Crippen LogP contribution in [0.4, 0.5) is 0 Å². The highest BCUT2D eigenvalue weighted by molar-refractivity contribution is 8.93. The van der Waals surface area contributed by atoms with Gasteiger partial charge in [-0.25, -0.2) is 0 Å². The standard InChI is InChI=1S/C20H24ClNO2.BrH/c1-22-11-10-15-12-19(23-2)20(24-3)13-16(15)18(22)9-8-14-6-4-5-7-17(14)21;/h4-7,12-13,18H,8-11H2,1-3H3;1H. The molecular formula is C20H25BrClNO2. The van der Waals surface area contributed by atoms with Crippen molar-refractivity contribution in [3.63, 3.8) is 0 Å². The minimum Gasteiger partial charge on any atom is -0.493 e. The van der Waals surface area contributed by atoms with Gasteiger partial charge < -0.3 is 9.47 Å². The van der Waals surface area contributed by atoms with Crippen LogP contribution in [-0.2, 0) is 12.8 Å². The number of fused-ring (bicyclic) bond motifs is 1. The Kier molecular flexibility index (Phi) is 7.17. The summed E-state index contributed by atoms with van der Waals surface area (Å²) in [7, 11) is 5.57. The SMILES string of the molecule is Br.COc1cc2c(cc1OC)C(CCc1ccccc1Cl)N(C)CC2. The van der Waals surface area contributed by atoms with Crippen molar-refractivity contribution < 1.29 is 9.47 Å². The lowest BCUT2D eigenvalue weighted by Gasteiger charge is -2.35. The van der Waals surface area contributed by atoms with E-state index in [2.05, 4.69) is 30.1 Å². The van der Waals surface area contributed by atoms with Crippen molar-refractivity contribution in [1.82, 2.24) is 4.90 Å². The van der Waals surface area contributed by atoms with Crippen LogP contribution in [0.25, 0.3) is 0 Å². The Hall–Kier alpha value is -1.23. The van der Waals surface area contributed by atoms with Gasteiger partial charge in [-0.15, -0.1) is 17.0 Å². The van der Waals surface area contributed by atoms with Crippen molar-refractivity contribution in [3.05, 3.63) is 58.1 Å². The highest BCUT2D eigenvalue weighted by Gasteiger charge is 2.26. The summed E-state index contributed by atoms with van der Waals surface area (Å²) in [5, 5.41) is 0.850. The molecule has 0 radical (unpaired) electrons. The zero-order valence-electron chi connectivity index (χ0n) is 14.9. The smallest absolute Gasteiger partial charge is 0.161 e. The maximum absolute atomic E-state index is 6.32. The molecule has 0 saturated carbocycles. The van der Waals surface area contributed by atoms with E-state index >= 15 is 0 Å². The number of likely N-dealkylation sites (N-methyl/N-ethyl adjacent to an activating group) is 1. The lowest BCUT2D eigenvalue weighted by molar-refractivity contribution is 0.218. The van der Waals surface area contributed by atoms with Crippen molar-refractivity contribution in [3.8, 4) is 11.5 Å². The van der Waals surface area contributed by atoms with Gasteiger partial charge in [-0.3, -0.25) is 4.90 Å². The van der Waals surface area contributed by atoms with Gasteiger partial charge in [0.1, 0.15) is 0 Å². The Morgan fingerprint density at radius 1 is 1.12 bits per heavy atom. The maximum atomic E-state index is 6.32. The third-order valence-corrected chi connectivity index (χ3v) is 5.28. The Labute approximate surface area is 165 Å². The molecule has 1 aliphatic heterocycles. The molecule has 1 atom stereocenters. The predicted octanol–water partition coefficient (Wildman–Crippen LogP) is 5.10. The molecule has 1 aliphatic rings. The van der Waals surface area contributed by atoms with Crippen LogP contribution in [0.5, 0.6) is 11.5 Å². The molecule has 25 heavy (non-hydrogen) atoms. The number of methoxy groups -OCH3 is 2. The van der Waals surface area contributed by atoms with E-state index < -0.39 is 0 Å². The van der Waals surface area contributed by atoms with Gasteiger partial charge in [0.2, 0.25) is 0 Å². The molecule has 1 unspecified atom stereocenters. The van der Waals surface area contributed by atoms with E-state index in [9.17, 15) is 0 Å². The summed E-state index contributed by atoms with van der Waals surface area (Å²) >= 11 is 6.32. The number of hydrogen-bond donors (Lipinski definition) is 0. The van der Waals surface area contributed by atoms with Crippen molar-refractivity contribution in [1.29, 1.82) is 0 Å². The summed E-state index contributed by atoms with van der Waals surface area (Å²) in [5.74, 6) is 1.61. The van der Waals surface area contributed by atoms with Crippen LogP contribution < -0.4 is 9.47 Å². The van der Waals surface area contributed by atoms with Gasteiger partial charge in [-0.1, -0.05) is 29.8 Å². The summed E-state index contributed by atoms with van der Waals surface area (Å²) in [6, 6.07) is 12.7. The molecule has 2 aromatic rings. The largest absolute Gasteiger partial charge is 0.493 e. The highest BCUT2D eigenvalue weighted by atomic mass is 79.9. The number of benzene rings is 2. The number of ether oxygens (including phenoxy) is 2. The predicted molar refractivity (Wildman–Crippen MR) is 109 cm³/mol. The van der Waals surface area contributed by atoms with E-state index in [0.717, 1.165) is 42.3 Å². The van der Waals surface area contributed by atoms with Gasteiger partial charge in [0.15, 0.2) is 11.5 Å². The zero-order chi connectivity index (χ0) is 17.1. The fourth-order valence-electron chi connectivity index (χ4n) is 3.52. The molecule has 136 valence electrons. The summed E-state index contributed by atoms with van der Waals surface area (Å²) < 4.78 is 11.0. The van der Waals surface area contributed by atoms with Crippen LogP contribution >= 0.6 is 28.6 Å². The van der Waals surface area contributed by atoms with E-state index in [1.807, 2.05) is 18.2 Å². The molecule has 0 aliphatic carbocycles. The molecule has 0 N–H and O–H groups in total. The highest BCUT2D eigenvalue weighted by Crippen LogP contribution is 2.39. The molecule has 0 amide bonds. The molecule has 3 nitrogen and oxygen atoms in total. The Morgan fingerprint density at radius 3 is 2.48 bits per heavy atom. The molecule has 3 rings (SSSR count). The Morgan fingerprint density at radius 2 is 1.80 bits per heavy atom. The minimum absolute atomic E-state index is 0. The average Bonchev–Trinajstić information content (AvgIpc) is 2.61. The van der Waals surface area contributed by atoms with Crippen LogP contribution in [0.2, 0.25) is 5.02 Å². The molecule has 0 fully saturated rings. The first kappa shape index (κ1) is 20.1. The molecule has 0 spiro atoms. The van der Waals surface area contributed by atoms with Crippen LogP contribution in [0, 0.1) is 0 Å². The lowest BCUT2D eigenvalue weighted by Crippen LogP contribution is -2.32.